The number of ether oxygens (including phenoxy) is 1. The Bertz CT molecular complexity index is 1100. The molecule has 0 saturated carbocycles. The van der Waals surface area contributed by atoms with Crippen molar-refractivity contribution in [3.8, 4) is 17.1 Å². The average molecular weight is 430 g/mol. The number of benzene rings is 1. The predicted octanol–water partition coefficient (Wildman–Crippen LogP) is 2.81. The van der Waals surface area contributed by atoms with Crippen LogP contribution in [0.15, 0.2) is 27.9 Å². The number of fused-ring (bicyclic) bond motifs is 1. The maximum absolute atomic E-state index is 12.7. The molecular formula is C21H27N5O3S. The first-order chi connectivity index (χ1) is 14.5. The van der Waals surface area contributed by atoms with Crippen LogP contribution in [0.3, 0.4) is 0 Å². The molecule has 3 heterocycles. The smallest absolute Gasteiger partial charge is 0.277 e. The van der Waals surface area contributed by atoms with Crippen LogP contribution in [0, 0.1) is 19.8 Å². The molecule has 4 rings (SSSR count). The van der Waals surface area contributed by atoms with E-state index in [4.69, 9.17) is 4.74 Å². The van der Waals surface area contributed by atoms with Gasteiger partial charge in [0.25, 0.3) is 5.56 Å². The molecule has 2 N–H and O–H groups in total. The molecule has 0 radical (unpaired) electrons. The normalized spacial score (nSPS) is 15.7. The highest BCUT2D eigenvalue weighted by Gasteiger charge is 2.21. The molecule has 3 aromatic rings. The first-order valence-electron chi connectivity index (χ1n) is 10.3. The Hall–Kier alpha value is -2.36. The molecule has 2 aromatic heterocycles. The second kappa shape index (κ2) is 8.79. The van der Waals surface area contributed by atoms with Gasteiger partial charge in [-0.1, -0.05) is 0 Å². The van der Waals surface area contributed by atoms with E-state index in [1.807, 2.05) is 39.0 Å². The van der Waals surface area contributed by atoms with E-state index in [0.29, 0.717) is 41.1 Å². The Morgan fingerprint density at radius 1 is 1.30 bits per heavy atom. The van der Waals surface area contributed by atoms with Gasteiger partial charge in [0.15, 0.2) is 11.3 Å². The summed E-state index contributed by atoms with van der Waals surface area (Å²) in [7, 11) is 0. The van der Waals surface area contributed by atoms with Crippen molar-refractivity contribution in [2.24, 2.45) is 5.92 Å². The maximum atomic E-state index is 12.7. The largest absolute Gasteiger partial charge is 0.493 e. The second-order valence-corrected chi connectivity index (χ2v) is 8.72. The lowest BCUT2D eigenvalue weighted by molar-refractivity contribution is 0.174. The quantitative estimate of drug-likeness (QED) is 0.582. The van der Waals surface area contributed by atoms with Gasteiger partial charge in [-0.3, -0.25) is 4.79 Å². The fourth-order valence-corrected chi connectivity index (χ4v) is 4.81. The highest BCUT2D eigenvalue weighted by Crippen LogP contribution is 2.35. The zero-order valence-corrected chi connectivity index (χ0v) is 18.3. The van der Waals surface area contributed by atoms with E-state index in [9.17, 15) is 9.90 Å². The Morgan fingerprint density at radius 2 is 2.07 bits per heavy atom. The predicted molar refractivity (Wildman–Crippen MR) is 117 cm³/mol. The number of aliphatic hydroxyl groups excluding tert-OH is 1. The topological polar surface area (TPSA) is 95.8 Å². The van der Waals surface area contributed by atoms with E-state index >= 15 is 0 Å². The number of imidazole rings is 1. The van der Waals surface area contributed by atoms with Crippen LogP contribution in [0.25, 0.3) is 16.9 Å². The van der Waals surface area contributed by atoms with Gasteiger partial charge in [-0.15, -0.1) is 5.10 Å². The van der Waals surface area contributed by atoms with Crippen LogP contribution in [0.4, 0.5) is 0 Å². The summed E-state index contributed by atoms with van der Waals surface area (Å²) in [6, 6.07) is 5.97. The molecular weight excluding hydrogens is 402 g/mol. The Morgan fingerprint density at radius 3 is 2.77 bits per heavy atom. The minimum absolute atomic E-state index is 0.218. The van der Waals surface area contributed by atoms with Crippen molar-refractivity contribution in [3.63, 3.8) is 0 Å². The van der Waals surface area contributed by atoms with E-state index in [2.05, 4.69) is 19.4 Å². The Kier molecular flexibility index (Phi) is 6.12. The molecule has 8 nitrogen and oxygen atoms in total. The lowest BCUT2D eigenvalue weighted by Crippen LogP contribution is -2.29. The third kappa shape index (κ3) is 4.10. The number of rotatable bonds is 6. The maximum Gasteiger partial charge on any atom is 0.277 e. The van der Waals surface area contributed by atoms with Crippen molar-refractivity contribution in [3.05, 3.63) is 40.1 Å². The van der Waals surface area contributed by atoms with Crippen LogP contribution < -0.4 is 10.3 Å². The minimum atomic E-state index is -0.218. The van der Waals surface area contributed by atoms with Crippen molar-refractivity contribution in [1.82, 2.24) is 23.9 Å². The summed E-state index contributed by atoms with van der Waals surface area (Å²) in [5.74, 6) is 2.21. The summed E-state index contributed by atoms with van der Waals surface area (Å²) in [6.45, 7) is 8.23. The number of aliphatic hydroxyl groups is 1. The van der Waals surface area contributed by atoms with Crippen LogP contribution in [0.5, 0.6) is 5.75 Å². The first kappa shape index (κ1) is 20.9. The molecule has 1 aliphatic rings. The van der Waals surface area contributed by atoms with Gasteiger partial charge in [-0.05, 0) is 69.7 Å². The summed E-state index contributed by atoms with van der Waals surface area (Å²) in [5, 5.41) is 14.0. The van der Waals surface area contributed by atoms with Gasteiger partial charge in [0.1, 0.15) is 11.6 Å². The number of nitrogens with zero attached hydrogens (tertiary/aromatic N) is 4. The fraction of sp³-hybridized carbons (Fsp3) is 0.476. The molecule has 30 heavy (non-hydrogen) atoms. The highest BCUT2D eigenvalue weighted by molar-refractivity contribution is 7.97. The van der Waals surface area contributed by atoms with Crippen molar-refractivity contribution in [2.75, 3.05) is 26.3 Å². The molecule has 0 atom stereocenters. The van der Waals surface area contributed by atoms with Crippen LogP contribution in [0.1, 0.15) is 31.3 Å². The molecule has 0 bridgehead atoms. The summed E-state index contributed by atoms with van der Waals surface area (Å²) < 4.78 is 9.72. The number of nitrogens with one attached hydrogen (secondary N) is 1. The molecule has 1 aromatic carbocycles. The van der Waals surface area contributed by atoms with Crippen molar-refractivity contribution in [2.45, 2.75) is 38.5 Å². The zero-order chi connectivity index (χ0) is 21.3. The zero-order valence-electron chi connectivity index (χ0n) is 17.5. The van der Waals surface area contributed by atoms with E-state index in [-0.39, 0.29) is 12.2 Å². The standard InChI is InChI=1S/C21H27N5O3S/c1-4-29-18-6-5-16(30-25-9-7-15(12-27)8-10-25)11-17(18)20-23-21(28)19-13(2)22-14(3)26(19)24-20/h5-6,11,15,27H,4,7-10,12H2,1-3H3,(H,23,24,28). The number of hydrogen-bond donors (Lipinski definition) is 2. The van der Waals surface area contributed by atoms with Gasteiger partial charge >= 0.3 is 0 Å². The molecule has 9 heteroatoms. The van der Waals surface area contributed by atoms with E-state index in [1.54, 1.807) is 16.5 Å². The van der Waals surface area contributed by atoms with Gasteiger partial charge in [-0.25, -0.2) is 13.8 Å². The van der Waals surface area contributed by atoms with Crippen molar-refractivity contribution >= 4 is 17.5 Å². The SMILES string of the molecule is CCOc1ccc(SN2CCC(CO)CC2)cc1-c1nn2c(C)nc(C)c2c(=O)[nH]1. The van der Waals surface area contributed by atoms with Crippen LogP contribution in [0.2, 0.25) is 0 Å². The highest BCUT2D eigenvalue weighted by atomic mass is 32.2. The third-order valence-corrected chi connectivity index (χ3v) is 6.50. The van der Waals surface area contributed by atoms with Gasteiger partial charge < -0.3 is 14.8 Å². The fourth-order valence-electron chi connectivity index (χ4n) is 3.82. The van der Waals surface area contributed by atoms with E-state index in [1.165, 1.54) is 0 Å². The first-order valence-corrected chi connectivity index (χ1v) is 11.0. The van der Waals surface area contributed by atoms with Gasteiger partial charge in [0, 0.05) is 24.6 Å². The molecule has 0 aliphatic carbocycles. The average Bonchev–Trinajstić information content (AvgIpc) is 3.03. The summed E-state index contributed by atoms with van der Waals surface area (Å²) in [5.41, 5.74) is 1.65. The summed E-state index contributed by atoms with van der Waals surface area (Å²) in [6.07, 6.45) is 2.00. The van der Waals surface area contributed by atoms with E-state index in [0.717, 1.165) is 36.4 Å². The van der Waals surface area contributed by atoms with Crippen LogP contribution in [-0.2, 0) is 0 Å². The number of aromatic amines is 1. The number of aromatic nitrogens is 4. The Balaban J connectivity index is 1.69. The number of aryl methyl sites for hydroxylation is 2. The second-order valence-electron chi connectivity index (χ2n) is 7.54. The van der Waals surface area contributed by atoms with Crippen molar-refractivity contribution < 1.29 is 9.84 Å². The van der Waals surface area contributed by atoms with Crippen molar-refractivity contribution in [1.29, 1.82) is 0 Å². The lowest BCUT2D eigenvalue weighted by Gasteiger charge is -2.30. The molecule has 1 saturated heterocycles. The number of hydrogen-bond acceptors (Lipinski definition) is 7. The Labute approximate surface area is 179 Å². The molecule has 1 fully saturated rings. The van der Waals surface area contributed by atoms with Crippen LogP contribution >= 0.6 is 11.9 Å². The number of H-pyrrole nitrogens is 1. The third-order valence-electron chi connectivity index (χ3n) is 5.41. The van der Waals surface area contributed by atoms with Gasteiger partial charge in [0.05, 0.1) is 17.9 Å². The molecule has 0 spiro atoms. The molecule has 0 amide bonds. The summed E-state index contributed by atoms with van der Waals surface area (Å²) in [4.78, 5) is 21.0. The summed E-state index contributed by atoms with van der Waals surface area (Å²) >= 11 is 1.68. The van der Waals surface area contributed by atoms with Gasteiger partial charge in [0.2, 0.25) is 0 Å². The molecule has 160 valence electrons. The van der Waals surface area contributed by atoms with Gasteiger partial charge in [-0.2, -0.15) is 0 Å². The number of piperidine rings is 1. The molecule has 1 aliphatic heterocycles. The minimum Gasteiger partial charge on any atom is -0.493 e. The van der Waals surface area contributed by atoms with E-state index < -0.39 is 0 Å². The van der Waals surface area contributed by atoms with Crippen LogP contribution in [-0.4, -0.2) is 55.3 Å². The monoisotopic (exact) mass is 429 g/mol. The lowest BCUT2D eigenvalue weighted by atomic mass is 10.00. The molecule has 0 unspecified atom stereocenters.